The van der Waals surface area contributed by atoms with Gasteiger partial charge in [-0.25, -0.2) is 4.39 Å². The smallest absolute Gasteiger partial charge is 0.128 e. The molecule has 1 aliphatic heterocycles. The quantitative estimate of drug-likeness (QED) is 0.786. The number of hydrogen-bond donors (Lipinski definition) is 2. The molecule has 1 saturated carbocycles. The van der Waals surface area contributed by atoms with Crippen LogP contribution in [0.1, 0.15) is 43.6 Å². The first kappa shape index (κ1) is 18.6. The predicted octanol–water partition coefficient (Wildman–Crippen LogP) is 4.66. The maximum Gasteiger partial charge on any atom is 0.128 e. The second-order valence-corrected chi connectivity index (χ2v) is 8.08. The lowest BCUT2D eigenvalue weighted by Crippen LogP contribution is -2.30. The van der Waals surface area contributed by atoms with Crippen molar-refractivity contribution in [3.63, 3.8) is 0 Å². The van der Waals surface area contributed by atoms with Crippen LogP contribution in [0.3, 0.4) is 0 Å². The van der Waals surface area contributed by atoms with E-state index in [9.17, 15) is 14.9 Å². The highest BCUT2D eigenvalue weighted by Gasteiger charge is 2.35. The zero-order chi connectivity index (χ0) is 18.7. The van der Waals surface area contributed by atoms with Crippen LogP contribution in [0.15, 0.2) is 40.2 Å². The van der Waals surface area contributed by atoms with Gasteiger partial charge in [-0.05, 0) is 25.0 Å². The number of dihydropyridines is 1. The molecule has 1 aliphatic carbocycles. The number of allylic oxidation sites excluding steroid dienone is 2. The summed E-state index contributed by atoms with van der Waals surface area (Å²) in [5.74, 6) is -1.31. The molecule has 3 rings (SSSR count). The first-order chi connectivity index (χ1) is 12.6. The van der Waals surface area contributed by atoms with Crippen LogP contribution in [0, 0.1) is 28.5 Å². The molecule has 1 fully saturated rings. The zero-order valence-electron chi connectivity index (χ0n) is 14.1. The van der Waals surface area contributed by atoms with Gasteiger partial charge in [0, 0.05) is 15.8 Å². The van der Waals surface area contributed by atoms with Crippen LogP contribution in [0.5, 0.6) is 0 Å². The van der Waals surface area contributed by atoms with E-state index in [2.05, 4.69) is 11.4 Å². The lowest BCUT2D eigenvalue weighted by molar-refractivity contribution is 0.516. The summed E-state index contributed by atoms with van der Waals surface area (Å²) >= 11 is 7.78. The van der Waals surface area contributed by atoms with Crippen LogP contribution in [-0.4, -0.2) is 5.25 Å². The molecular formula is C19H18ClFN4S. The monoisotopic (exact) mass is 388 g/mol. The molecule has 3 N–H and O–H groups in total. The fourth-order valence-electron chi connectivity index (χ4n) is 3.45. The van der Waals surface area contributed by atoms with Crippen LogP contribution in [0.25, 0.3) is 0 Å². The van der Waals surface area contributed by atoms with Crippen LogP contribution >= 0.6 is 23.4 Å². The minimum atomic E-state index is -0.897. The Morgan fingerprint density at radius 1 is 1.15 bits per heavy atom. The van der Waals surface area contributed by atoms with Gasteiger partial charge in [0.1, 0.15) is 11.6 Å². The minimum Gasteiger partial charge on any atom is -0.384 e. The van der Waals surface area contributed by atoms with Crippen molar-refractivity contribution in [2.24, 2.45) is 5.73 Å². The third-order valence-corrected chi connectivity index (χ3v) is 6.42. The van der Waals surface area contributed by atoms with Crippen molar-refractivity contribution in [1.82, 2.24) is 5.32 Å². The molecule has 1 unspecified atom stereocenters. The molecule has 1 atom stereocenters. The van der Waals surface area contributed by atoms with E-state index in [0.717, 1.165) is 25.7 Å². The maximum absolute atomic E-state index is 14.6. The Kier molecular flexibility index (Phi) is 5.76. The summed E-state index contributed by atoms with van der Waals surface area (Å²) in [6, 6.07) is 8.50. The van der Waals surface area contributed by atoms with E-state index in [-0.39, 0.29) is 22.0 Å². The lowest BCUT2D eigenvalue weighted by atomic mass is 9.84. The van der Waals surface area contributed by atoms with Crippen molar-refractivity contribution in [1.29, 1.82) is 10.5 Å². The SMILES string of the molecule is N#CC1=C(N)NC(SC2CCCCC2)=C(C#N)C1c1c(F)cccc1Cl. The molecule has 4 nitrogen and oxygen atoms in total. The summed E-state index contributed by atoms with van der Waals surface area (Å²) in [4.78, 5) is 0. The van der Waals surface area contributed by atoms with Gasteiger partial charge in [0.2, 0.25) is 0 Å². The van der Waals surface area contributed by atoms with Crippen LogP contribution in [0.4, 0.5) is 4.39 Å². The predicted molar refractivity (Wildman–Crippen MR) is 101 cm³/mol. The first-order valence-corrected chi connectivity index (χ1v) is 9.74. The van der Waals surface area contributed by atoms with E-state index in [1.807, 2.05) is 6.07 Å². The number of nitrogens with one attached hydrogen (secondary N) is 1. The molecule has 26 heavy (non-hydrogen) atoms. The summed E-state index contributed by atoms with van der Waals surface area (Å²) in [7, 11) is 0. The third-order valence-electron chi connectivity index (χ3n) is 4.73. The Bertz CT molecular complexity index is 839. The number of nitriles is 2. The molecule has 1 aromatic carbocycles. The number of rotatable bonds is 3. The average molecular weight is 389 g/mol. The van der Waals surface area contributed by atoms with E-state index in [0.29, 0.717) is 15.9 Å². The van der Waals surface area contributed by atoms with Crippen molar-refractivity contribution < 1.29 is 4.39 Å². The summed E-state index contributed by atoms with van der Waals surface area (Å²) in [6.45, 7) is 0. The molecule has 134 valence electrons. The van der Waals surface area contributed by atoms with Gasteiger partial charge < -0.3 is 11.1 Å². The zero-order valence-corrected chi connectivity index (χ0v) is 15.6. The molecular weight excluding hydrogens is 371 g/mol. The summed E-state index contributed by atoms with van der Waals surface area (Å²) in [5.41, 5.74) is 6.58. The van der Waals surface area contributed by atoms with Crippen LogP contribution < -0.4 is 11.1 Å². The molecule has 0 bridgehead atoms. The highest BCUT2D eigenvalue weighted by atomic mass is 35.5. The Hall–Kier alpha value is -2.15. The lowest BCUT2D eigenvalue weighted by Gasteiger charge is -2.30. The minimum absolute atomic E-state index is 0.113. The third kappa shape index (κ3) is 3.53. The topological polar surface area (TPSA) is 85.6 Å². The largest absolute Gasteiger partial charge is 0.384 e. The van der Waals surface area contributed by atoms with E-state index in [1.54, 1.807) is 17.8 Å². The van der Waals surface area contributed by atoms with E-state index in [4.69, 9.17) is 17.3 Å². The number of thioether (sulfide) groups is 1. The van der Waals surface area contributed by atoms with Crippen molar-refractivity contribution in [3.05, 3.63) is 56.6 Å². The Balaban J connectivity index is 2.09. The molecule has 0 amide bonds. The fraction of sp³-hybridized carbons (Fsp3) is 0.368. The summed E-state index contributed by atoms with van der Waals surface area (Å²) in [6.07, 6.45) is 5.67. The number of nitrogens with two attached hydrogens (primary N) is 1. The number of nitrogens with zero attached hydrogens (tertiary/aromatic N) is 2. The van der Waals surface area contributed by atoms with Gasteiger partial charge in [-0.15, -0.1) is 11.8 Å². The second kappa shape index (κ2) is 8.03. The number of halogens is 2. The number of hydrogen-bond acceptors (Lipinski definition) is 5. The normalized spacial score (nSPS) is 21.2. The number of benzene rings is 1. The van der Waals surface area contributed by atoms with E-state index >= 15 is 0 Å². The first-order valence-electron chi connectivity index (χ1n) is 8.48. The van der Waals surface area contributed by atoms with Gasteiger partial charge in [-0.1, -0.05) is 36.9 Å². The molecule has 0 saturated heterocycles. The maximum atomic E-state index is 14.6. The van der Waals surface area contributed by atoms with Gasteiger partial charge >= 0.3 is 0 Å². The highest BCUT2D eigenvalue weighted by molar-refractivity contribution is 8.03. The van der Waals surface area contributed by atoms with Gasteiger partial charge in [0.15, 0.2) is 0 Å². The molecule has 0 radical (unpaired) electrons. The molecule has 7 heteroatoms. The summed E-state index contributed by atoms with van der Waals surface area (Å²) in [5, 5.41) is 23.5. The van der Waals surface area contributed by atoms with Gasteiger partial charge in [-0.2, -0.15) is 10.5 Å². The molecule has 0 aromatic heterocycles. The Labute approximate surface area is 161 Å². The summed E-state index contributed by atoms with van der Waals surface area (Å²) < 4.78 is 14.6. The average Bonchev–Trinajstić information content (AvgIpc) is 2.62. The van der Waals surface area contributed by atoms with Crippen LogP contribution in [-0.2, 0) is 0 Å². The van der Waals surface area contributed by atoms with E-state index in [1.165, 1.54) is 18.6 Å². The fourth-order valence-corrected chi connectivity index (χ4v) is 5.08. The van der Waals surface area contributed by atoms with Crippen molar-refractivity contribution in [2.45, 2.75) is 43.3 Å². The van der Waals surface area contributed by atoms with Crippen molar-refractivity contribution in [3.8, 4) is 12.1 Å². The standard InChI is InChI=1S/C19H18ClFN4S/c20-14-7-4-8-15(21)17(14)16-12(9-22)18(24)25-19(13(16)10-23)26-11-5-2-1-3-6-11/h4,7-8,11,16,25H,1-3,5-6,24H2. The molecule has 0 spiro atoms. The van der Waals surface area contributed by atoms with Gasteiger partial charge in [0.25, 0.3) is 0 Å². The van der Waals surface area contributed by atoms with Gasteiger partial charge in [-0.3, -0.25) is 0 Å². The molecule has 2 aliphatic rings. The Morgan fingerprint density at radius 3 is 2.46 bits per heavy atom. The molecule has 1 heterocycles. The second-order valence-electron chi connectivity index (χ2n) is 6.36. The van der Waals surface area contributed by atoms with Crippen LogP contribution in [0.2, 0.25) is 5.02 Å². The van der Waals surface area contributed by atoms with Gasteiger partial charge in [0.05, 0.1) is 34.2 Å². The Morgan fingerprint density at radius 2 is 1.85 bits per heavy atom. The molecule has 1 aromatic rings. The van der Waals surface area contributed by atoms with Crippen molar-refractivity contribution in [2.75, 3.05) is 0 Å². The van der Waals surface area contributed by atoms with Crippen molar-refractivity contribution >= 4 is 23.4 Å². The highest BCUT2D eigenvalue weighted by Crippen LogP contribution is 2.44. The van der Waals surface area contributed by atoms with E-state index < -0.39 is 11.7 Å².